The summed E-state index contributed by atoms with van der Waals surface area (Å²) in [6, 6.07) is 17.7. The van der Waals surface area contributed by atoms with Gasteiger partial charge in [0.1, 0.15) is 0 Å². The molecule has 0 bridgehead atoms. The fourth-order valence-electron chi connectivity index (χ4n) is 4.13. The van der Waals surface area contributed by atoms with Gasteiger partial charge in [0.25, 0.3) is 0 Å². The Bertz CT molecular complexity index is 775. The Morgan fingerprint density at radius 3 is 2.46 bits per heavy atom. The first-order valence-electron chi connectivity index (χ1n) is 10.1. The number of amides is 1. The van der Waals surface area contributed by atoms with E-state index < -0.39 is 0 Å². The van der Waals surface area contributed by atoms with Crippen molar-refractivity contribution < 1.29 is 9.53 Å². The average Bonchev–Trinajstić information content (AvgIpc) is 2.61. The number of hydrogen-bond donors (Lipinski definition) is 1. The summed E-state index contributed by atoms with van der Waals surface area (Å²) in [4.78, 5) is 12.7. The Hall–Kier alpha value is -1.84. The lowest BCUT2D eigenvalue weighted by Gasteiger charge is -2.43. The lowest BCUT2D eigenvalue weighted by Crippen LogP contribution is -2.53. The quantitative estimate of drug-likeness (QED) is 0.674. The molecule has 1 fully saturated rings. The van der Waals surface area contributed by atoms with E-state index in [2.05, 4.69) is 26.1 Å². The topological polar surface area (TPSA) is 38.3 Å². The highest BCUT2D eigenvalue weighted by molar-refractivity contribution is 6.30. The van der Waals surface area contributed by atoms with Crippen molar-refractivity contribution in [3.63, 3.8) is 0 Å². The van der Waals surface area contributed by atoms with E-state index in [1.54, 1.807) is 0 Å². The molecule has 2 aromatic carbocycles. The van der Waals surface area contributed by atoms with E-state index >= 15 is 0 Å². The van der Waals surface area contributed by atoms with Crippen LogP contribution in [0.5, 0.6) is 0 Å². The van der Waals surface area contributed by atoms with E-state index in [1.807, 2.05) is 54.6 Å². The molecule has 28 heavy (non-hydrogen) atoms. The lowest BCUT2D eigenvalue weighted by atomic mass is 9.81. The van der Waals surface area contributed by atoms with Crippen LogP contribution >= 0.6 is 11.6 Å². The molecule has 2 aromatic rings. The summed E-state index contributed by atoms with van der Waals surface area (Å²) < 4.78 is 6.42. The Labute approximate surface area is 173 Å². The predicted octanol–water partition coefficient (Wildman–Crippen LogP) is 5.72. The fraction of sp³-hybridized carbons (Fsp3) is 0.458. The molecule has 3 rings (SSSR count). The number of benzene rings is 2. The summed E-state index contributed by atoms with van der Waals surface area (Å²) in [5, 5.41) is 4.03. The molecular formula is C24H30ClNO2. The maximum absolute atomic E-state index is 12.7. The molecular weight excluding hydrogens is 370 g/mol. The Morgan fingerprint density at radius 1 is 1.14 bits per heavy atom. The van der Waals surface area contributed by atoms with Gasteiger partial charge in [-0.2, -0.15) is 0 Å². The Morgan fingerprint density at radius 2 is 1.82 bits per heavy atom. The molecule has 0 aliphatic carbocycles. The van der Waals surface area contributed by atoms with E-state index in [0.29, 0.717) is 12.3 Å². The van der Waals surface area contributed by atoms with Crippen molar-refractivity contribution in [1.82, 2.24) is 5.32 Å². The van der Waals surface area contributed by atoms with Gasteiger partial charge in [-0.1, -0.05) is 67.9 Å². The normalized spacial score (nSPS) is 24.9. The molecule has 3 atom stereocenters. The van der Waals surface area contributed by atoms with Crippen LogP contribution in [-0.2, 0) is 16.0 Å². The summed E-state index contributed by atoms with van der Waals surface area (Å²) >= 11 is 6.05. The van der Waals surface area contributed by atoms with Crippen LogP contribution in [0.25, 0.3) is 0 Å². The molecule has 1 heterocycles. The second-order valence-corrected chi connectivity index (χ2v) is 9.04. The second kappa shape index (κ2) is 9.11. The van der Waals surface area contributed by atoms with Crippen LogP contribution in [0.1, 0.15) is 57.3 Å². The van der Waals surface area contributed by atoms with Crippen LogP contribution in [0.15, 0.2) is 54.6 Å². The molecule has 3 nitrogen and oxygen atoms in total. The Balaban J connectivity index is 1.74. The van der Waals surface area contributed by atoms with Gasteiger partial charge in [0.05, 0.1) is 18.6 Å². The summed E-state index contributed by atoms with van der Waals surface area (Å²) in [5.41, 5.74) is 1.85. The molecule has 4 heteroatoms. The van der Waals surface area contributed by atoms with Crippen LogP contribution in [0, 0.1) is 5.92 Å². The van der Waals surface area contributed by atoms with Gasteiger partial charge in [-0.05, 0) is 48.9 Å². The SMILES string of the molecule is CC(C)C[C@H]1C[C@@](C)(NC(=O)Cc2ccccc2)C[C@@H](c2ccc(Cl)cc2)O1. The van der Waals surface area contributed by atoms with Gasteiger partial charge in [-0.15, -0.1) is 0 Å². The monoisotopic (exact) mass is 399 g/mol. The molecule has 0 aromatic heterocycles. The standard InChI is InChI=1S/C24H30ClNO2/c1-17(2)13-21-15-24(3,26-23(27)14-18-7-5-4-6-8-18)16-22(28-21)19-9-11-20(25)12-10-19/h4-12,17,21-22H,13-16H2,1-3H3,(H,26,27)/t21-,22-,24+/m0/s1. The molecule has 0 radical (unpaired) electrons. The van der Waals surface area contributed by atoms with Crippen LogP contribution in [0.3, 0.4) is 0 Å². The van der Waals surface area contributed by atoms with Crippen molar-refractivity contribution in [2.45, 2.75) is 64.2 Å². The van der Waals surface area contributed by atoms with E-state index in [4.69, 9.17) is 16.3 Å². The van der Waals surface area contributed by atoms with Gasteiger partial charge in [-0.25, -0.2) is 0 Å². The van der Waals surface area contributed by atoms with Crippen LogP contribution in [-0.4, -0.2) is 17.6 Å². The lowest BCUT2D eigenvalue weighted by molar-refractivity contribution is -0.128. The van der Waals surface area contributed by atoms with Crippen molar-refractivity contribution in [3.05, 3.63) is 70.7 Å². The largest absolute Gasteiger partial charge is 0.370 e. The number of carbonyl (C=O) groups is 1. The average molecular weight is 400 g/mol. The highest BCUT2D eigenvalue weighted by Gasteiger charge is 2.39. The molecule has 1 N–H and O–H groups in total. The fourth-order valence-corrected chi connectivity index (χ4v) is 4.25. The van der Waals surface area contributed by atoms with E-state index in [-0.39, 0.29) is 23.7 Å². The smallest absolute Gasteiger partial charge is 0.224 e. The minimum Gasteiger partial charge on any atom is -0.370 e. The van der Waals surface area contributed by atoms with E-state index in [0.717, 1.165) is 35.4 Å². The molecule has 0 unspecified atom stereocenters. The highest BCUT2D eigenvalue weighted by atomic mass is 35.5. The summed E-state index contributed by atoms with van der Waals surface area (Å²) in [7, 11) is 0. The molecule has 1 aliphatic rings. The molecule has 1 aliphatic heterocycles. The molecule has 0 saturated carbocycles. The zero-order chi connectivity index (χ0) is 20.1. The third-order valence-corrected chi connectivity index (χ3v) is 5.55. The van der Waals surface area contributed by atoms with Gasteiger partial charge in [0.2, 0.25) is 5.91 Å². The van der Waals surface area contributed by atoms with Crippen molar-refractivity contribution in [3.8, 4) is 0 Å². The van der Waals surface area contributed by atoms with Crippen LogP contribution in [0.4, 0.5) is 0 Å². The number of hydrogen-bond acceptors (Lipinski definition) is 2. The van der Waals surface area contributed by atoms with Gasteiger partial charge < -0.3 is 10.1 Å². The first-order valence-corrected chi connectivity index (χ1v) is 10.5. The molecule has 150 valence electrons. The maximum atomic E-state index is 12.7. The first kappa shape index (κ1) is 20.9. The third-order valence-electron chi connectivity index (χ3n) is 5.30. The van der Waals surface area contributed by atoms with E-state index in [9.17, 15) is 4.79 Å². The maximum Gasteiger partial charge on any atom is 0.224 e. The number of ether oxygens (including phenoxy) is 1. The summed E-state index contributed by atoms with van der Waals surface area (Å²) in [5.74, 6) is 0.604. The molecule has 0 spiro atoms. The first-order chi connectivity index (χ1) is 13.3. The minimum atomic E-state index is -0.298. The zero-order valence-electron chi connectivity index (χ0n) is 17.0. The predicted molar refractivity (Wildman–Crippen MR) is 114 cm³/mol. The molecule has 1 saturated heterocycles. The summed E-state index contributed by atoms with van der Waals surface area (Å²) in [6.07, 6.45) is 3.04. The van der Waals surface area contributed by atoms with Gasteiger partial charge in [-0.3, -0.25) is 4.79 Å². The minimum absolute atomic E-state index is 0.0446. The van der Waals surface area contributed by atoms with Crippen molar-refractivity contribution >= 4 is 17.5 Å². The van der Waals surface area contributed by atoms with Gasteiger partial charge in [0, 0.05) is 17.0 Å². The van der Waals surface area contributed by atoms with Gasteiger partial charge in [0.15, 0.2) is 0 Å². The number of halogens is 1. The van der Waals surface area contributed by atoms with Gasteiger partial charge >= 0.3 is 0 Å². The molecule has 1 amide bonds. The number of rotatable bonds is 6. The van der Waals surface area contributed by atoms with Crippen molar-refractivity contribution in [2.75, 3.05) is 0 Å². The number of carbonyl (C=O) groups excluding carboxylic acids is 1. The number of nitrogens with one attached hydrogen (secondary N) is 1. The highest BCUT2D eigenvalue weighted by Crippen LogP contribution is 2.39. The summed E-state index contributed by atoms with van der Waals surface area (Å²) in [6.45, 7) is 6.57. The van der Waals surface area contributed by atoms with E-state index in [1.165, 1.54) is 0 Å². The van der Waals surface area contributed by atoms with Crippen molar-refractivity contribution in [2.24, 2.45) is 5.92 Å². The zero-order valence-corrected chi connectivity index (χ0v) is 17.7. The third kappa shape index (κ3) is 5.83. The Kier molecular flexibility index (Phi) is 6.79. The second-order valence-electron chi connectivity index (χ2n) is 8.61. The van der Waals surface area contributed by atoms with Crippen LogP contribution in [0.2, 0.25) is 5.02 Å². The van der Waals surface area contributed by atoms with Crippen LogP contribution < -0.4 is 5.32 Å². The van der Waals surface area contributed by atoms with Crippen molar-refractivity contribution in [1.29, 1.82) is 0 Å².